The Labute approximate surface area is 105 Å². The zero-order valence-electron chi connectivity index (χ0n) is 11.5. The maximum absolute atomic E-state index is 11.5. The van der Waals surface area contributed by atoms with Crippen LogP contribution in [0.4, 0.5) is 0 Å². The predicted octanol–water partition coefficient (Wildman–Crippen LogP) is 2.74. The minimum absolute atomic E-state index is 0.0589. The Morgan fingerprint density at radius 2 is 2.18 bits per heavy atom. The van der Waals surface area contributed by atoms with Gasteiger partial charge in [-0.05, 0) is 24.7 Å². The van der Waals surface area contributed by atoms with Gasteiger partial charge < -0.3 is 10.1 Å². The van der Waals surface area contributed by atoms with E-state index in [0.717, 1.165) is 12.5 Å². The molecule has 0 saturated heterocycles. The molecule has 1 fully saturated rings. The van der Waals surface area contributed by atoms with Crippen LogP contribution in [0.2, 0.25) is 0 Å². The highest BCUT2D eigenvalue weighted by Gasteiger charge is 2.20. The van der Waals surface area contributed by atoms with Crippen LogP contribution in [0.3, 0.4) is 0 Å². The molecule has 0 aliphatic heterocycles. The van der Waals surface area contributed by atoms with Crippen LogP contribution in [0, 0.1) is 11.8 Å². The van der Waals surface area contributed by atoms with E-state index in [-0.39, 0.29) is 5.97 Å². The molecule has 0 aromatic rings. The van der Waals surface area contributed by atoms with E-state index in [0.29, 0.717) is 25.0 Å². The van der Waals surface area contributed by atoms with Crippen molar-refractivity contribution in [2.24, 2.45) is 11.8 Å². The third kappa shape index (κ3) is 6.67. The number of ether oxygens (including phenoxy) is 1. The maximum atomic E-state index is 11.5. The molecule has 0 aromatic heterocycles. The molecule has 0 aromatic carbocycles. The van der Waals surface area contributed by atoms with E-state index in [2.05, 4.69) is 26.1 Å². The summed E-state index contributed by atoms with van der Waals surface area (Å²) in [5.74, 6) is 1.34. The first-order chi connectivity index (χ1) is 8.08. The number of carbonyl (C=O) groups excluding carboxylic acids is 1. The molecule has 100 valence electrons. The van der Waals surface area contributed by atoms with Gasteiger partial charge in [-0.1, -0.05) is 33.6 Å². The zero-order valence-corrected chi connectivity index (χ0v) is 11.5. The first-order valence-electron chi connectivity index (χ1n) is 6.97. The van der Waals surface area contributed by atoms with Crippen LogP contribution >= 0.6 is 0 Å². The Balaban J connectivity index is 2.06. The molecule has 17 heavy (non-hydrogen) atoms. The highest BCUT2D eigenvalue weighted by molar-refractivity contribution is 5.69. The SMILES string of the molecule is CC1CCCC(COC(=O)CCNC(C)C)C1. The van der Waals surface area contributed by atoms with E-state index >= 15 is 0 Å². The van der Waals surface area contributed by atoms with Crippen molar-refractivity contribution in [3.8, 4) is 0 Å². The summed E-state index contributed by atoms with van der Waals surface area (Å²) in [4.78, 5) is 11.5. The molecule has 0 radical (unpaired) electrons. The number of rotatable bonds is 6. The third-order valence-electron chi connectivity index (χ3n) is 3.41. The number of esters is 1. The fourth-order valence-corrected chi connectivity index (χ4v) is 2.46. The van der Waals surface area contributed by atoms with Crippen LogP contribution in [0.15, 0.2) is 0 Å². The molecule has 0 bridgehead atoms. The van der Waals surface area contributed by atoms with Crippen LogP contribution in [0.5, 0.6) is 0 Å². The minimum atomic E-state index is -0.0589. The van der Waals surface area contributed by atoms with Crippen molar-refractivity contribution in [1.82, 2.24) is 5.32 Å². The van der Waals surface area contributed by atoms with Crippen LogP contribution < -0.4 is 5.32 Å². The Hall–Kier alpha value is -0.570. The van der Waals surface area contributed by atoms with Gasteiger partial charge in [-0.25, -0.2) is 0 Å². The number of nitrogens with one attached hydrogen (secondary N) is 1. The van der Waals surface area contributed by atoms with Gasteiger partial charge in [0.1, 0.15) is 0 Å². The molecule has 0 heterocycles. The standard InChI is InChI=1S/C14H27NO2/c1-11(2)15-8-7-14(16)17-10-13-6-4-5-12(3)9-13/h11-13,15H,4-10H2,1-3H3. The lowest BCUT2D eigenvalue weighted by atomic mass is 9.83. The molecule has 0 spiro atoms. The summed E-state index contributed by atoms with van der Waals surface area (Å²) >= 11 is 0. The van der Waals surface area contributed by atoms with Crippen LogP contribution in [-0.4, -0.2) is 25.2 Å². The normalized spacial score (nSPS) is 24.9. The fourth-order valence-electron chi connectivity index (χ4n) is 2.46. The van der Waals surface area contributed by atoms with Crippen molar-refractivity contribution in [3.63, 3.8) is 0 Å². The van der Waals surface area contributed by atoms with E-state index in [1.807, 2.05) is 0 Å². The number of carbonyl (C=O) groups is 1. The average Bonchev–Trinajstić information content (AvgIpc) is 2.26. The Kier molecular flexibility index (Phi) is 6.56. The summed E-state index contributed by atoms with van der Waals surface area (Å²) in [6, 6.07) is 0.432. The molecular weight excluding hydrogens is 214 g/mol. The van der Waals surface area contributed by atoms with Gasteiger partial charge >= 0.3 is 5.97 Å². The Morgan fingerprint density at radius 3 is 2.82 bits per heavy atom. The highest BCUT2D eigenvalue weighted by Crippen LogP contribution is 2.28. The van der Waals surface area contributed by atoms with Crippen molar-refractivity contribution in [1.29, 1.82) is 0 Å². The van der Waals surface area contributed by atoms with Crippen molar-refractivity contribution < 1.29 is 9.53 Å². The van der Waals surface area contributed by atoms with Gasteiger partial charge in [0.2, 0.25) is 0 Å². The van der Waals surface area contributed by atoms with Crippen molar-refractivity contribution >= 4 is 5.97 Å². The van der Waals surface area contributed by atoms with Gasteiger partial charge in [0, 0.05) is 12.6 Å². The Morgan fingerprint density at radius 1 is 1.41 bits per heavy atom. The molecule has 1 saturated carbocycles. The second-order valence-electron chi connectivity index (χ2n) is 5.68. The summed E-state index contributed by atoms with van der Waals surface area (Å²) < 4.78 is 5.33. The van der Waals surface area contributed by atoms with Gasteiger partial charge in [0.05, 0.1) is 13.0 Å². The second-order valence-corrected chi connectivity index (χ2v) is 5.68. The zero-order chi connectivity index (χ0) is 12.7. The van der Waals surface area contributed by atoms with Crippen LogP contribution in [0.1, 0.15) is 52.9 Å². The highest BCUT2D eigenvalue weighted by atomic mass is 16.5. The first kappa shape index (κ1) is 14.5. The molecule has 3 heteroatoms. The van der Waals surface area contributed by atoms with Crippen LogP contribution in [-0.2, 0) is 9.53 Å². The van der Waals surface area contributed by atoms with Gasteiger partial charge in [-0.2, -0.15) is 0 Å². The molecule has 1 N–H and O–H groups in total. The molecule has 1 rings (SSSR count). The van der Waals surface area contributed by atoms with E-state index in [4.69, 9.17) is 4.74 Å². The van der Waals surface area contributed by atoms with Crippen molar-refractivity contribution in [3.05, 3.63) is 0 Å². The molecule has 2 atom stereocenters. The summed E-state index contributed by atoms with van der Waals surface area (Å²) in [5.41, 5.74) is 0. The topological polar surface area (TPSA) is 38.3 Å². The predicted molar refractivity (Wildman–Crippen MR) is 69.8 cm³/mol. The largest absolute Gasteiger partial charge is 0.465 e. The summed E-state index contributed by atoms with van der Waals surface area (Å²) in [5, 5.41) is 3.22. The monoisotopic (exact) mass is 241 g/mol. The minimum Gasteiger partial charge on any atom is -0.465 e. The van der Waals surface area contributed by atoms with E-state index in [9.17, 15) is 4.79 Å². The van der Waals surface area contributed by atoms with Crippen molar-refractivity contribution in [2.75, 3.05) is 13.2 Å². The molecule has 1 aliphatic carbocycles. The first-order valence-corrected chi connectivity index (χ1v) is 6.97. The maximum Gasteiger partial charge on any atom is 0.307 e. The smallest absolute Gasteiger partial charge is 0.307 e. The molecular formula is C14H27NO2. The molecule has 1 aliphatic rings. The lowest BCUT2D eigenvalue weighted by Crippen LogP contribution is -2.27. The van der Waals surface area contributed by atoms with E-state index in [1.165, 1.54) is 25.7 Å². The summed E-state index contributed by atoms with van der Waals surface area (Å²) in [7, 11) is 0. The van der Waals surface area contributed by atoms with Gasteiger partial charge in [-0.15, -0.1) is 0 Å². The molecule has 2 unspecified atom stereocenters. The molecule has 3 nitrogen and oxygen atoms in total. The van der Waals surface area contributed by atoms with Gasteiger partial charge in [0.25, 0.3) is 0 Å². The van der Waals surface area contributed by atoms with Gasteiger partial charge in [-0.3, -0.25) is 4.79 Å². The van der Waals surface area contributed by atoms with Gasteiger partial charge in [0.15, 0.2) is 0 Å². The molecule has 0 amide bonds. The fraction of sp³-hybridized carbons (Fsp3) is 0.929. The second kappa shape index (κ2) is 7.70. The summed E-state index contributed by atoms with van der Waals surface area (Å²) in [6.45, 7) is 7.80. The third-order valence-corrected chi connectivity index (χ3v) is 3.41. The lowest BCUT2D eigenvalue weighted by Gasteiger charge is -2.26. The number of hydrogen-bond donors (Lipinski definition) is 1. The number of hydrogen-bond acceptors (Lipinski definition) is 3. The quantitative estimate of drug-likeness (QED) is 0.727. The average molecular weight is 241 g/mol. The van der Waals surface area contributed by atoms with E-state index in [1.54, 1.807) is 0 Å². The van der Waals surface area contributed by atoms with Crippen LogP contribution in [0.25, 0.3) is 0 Å². The Bertz CT molecular complexity index is 228. The lowest BCUT2D eigenvalue weighted by molar-refractivity contribution is -0.145. The summed E-state index contributed by atoms with van der Waals surface area (Å²) in [6.07, 6.45) is 5.56. The van der Waals surface area contributed by atoms with E-state index < -0.39 is 0 Å². The van der Waals surface area contributed by atoms with Crippen molar-refractivity contribution in [2.45, 2.75) is 58.9 Å².